The highest BCUT2D eigenvalue weighted by Crippen LogP contribution is 2.33. The Balaban J connectivity index is 1.56. The lowest BCUT2D eigenvalue weighted by Crippen LogP contribution is -2.52. The molecule has 9 heteroatoms. The van der Waals surface area contributed by atoms with Gasteiger partial charge in [-0.15, -0.1) is 23.2 Å². The van der Waals surface area contributed by atoms with E-state index in [2.05, 4.69) is 76.2 Å². The fourth-order valence-corrected chi connectivity index (χ4v) is 11.2. The first-order valence-electron chi connectivity index (χ1n) is 15.6. The number of ether oxygens (including phenoxy) is 1. The van der Waals surface area contributed by atoms with Crippen LogP contribution in [0.5, 0.6) is 0 Å². The molecule has 6 unspecified atom stereocenters. The van der Waals surface area contributed by atoms with Crippen molar-refractivity contribution in [2.45, 2.75) is 83.1 Å². The fourth-order valence-electron chi connectivity index (χ4n) is 5.14. The first-order valence-corrected chi connectivity index (χ1v) is 20.5. The molecule has 1 fully saturated rings. The Kier molecular flexibility index (Phi) is 15.0. The summed E-state index contributed by atoms with van der Waals surface area (Å²) in [6.45, 7) is 18.1. The average molecular weight is 656 g/mol. The zero-order valence-electron chi connectivity index (χ0n) is 26.6. The summed E-state index contributed by atoms with van der Waals surface area (Å²) < 4.78 is 31.8. The van der Waals surface area contributed by atoms with E-state index < -0.39 is 17.8 Å². The summed E-state index contributed by atoms with van der Waals surface area (Å²) in [5, 5.41) is 0.0193. The summed E-state index contributed by atoms with van der Waals surface area (Å²) in [5.41, 5.74) is 4.85. The molecule has 0 saturated carbocycles. The SMILES string of the molecule is CCOC[SiH](CC(C)c1ccc(C(C)Cl)cc1)OCC(C)CO[Si]1(CC(C)c2ccc(C(C)Cl)cc2)OCC(C)CO1. The van der Waals surface area contributed by atoms with Gasteiger partial charge in [-0.05, 0) is 60.9 Å². The van der Waals surface area contributed by atoms with Crippen molar-refractivity contribution in [2.75, 3.05) is 39.3 Å². The minimum absolute atomic E-state index is 0.000398. The Morgan fingerprint density at radius 2 is 1.31 bits per heavy atom. The number of alkyl halides is 2. The molecule has 0 N–H and O–H groups in total. The van der Waals surface area contributed by atoms with Crippen molar-refractivity contribution >= 4 is 41.0 Å². The molecule has 0 radical (unpaired) electrons. The van der Waals surface area contributed by atoms with E-state index in [1.54, 1.807) is 0 Å². The van der Waals surface area contributed by atoms with Gasteiger partial charge in [-0.25, -0.2) is 0 Å². The Morgan fingerprint density at radius 1 is 0.810 bits per heavy atom. The van der Waals surface area contributed by atoms with Gasteiger partial charge in [0.2, 0.25) is 9.04 Å². The smallest absolute Gasteiger partial charge is 0.417 e. The third-order valence-electron chi connectivity index (χ3n) is 7.99. The number of hydrogen-bond acceptors (Lipinski definition) is 5. The summed E-state index contributed by atoms with van der Waals surface area (Å²) in [6, 6.07) is 19.0. The van der Waals surface area contributed by atoms with E-state index in [1.807, 2.05) is 20.8 Å². The van der Waals surface area contributed by atoms with E-state index in [0.717, 1.165) is 23.2 Å². The highest BCUT2D eigenvalue weighted by atomic mass is 35.5. The average Bonchev–Trinajstić information content (AvgIpc) is 2.98. The van der Waals surface area contributed by atoms with Gasteiger partial charge in [-0.3, -0.25) is 0 Å². The van der Waals surface area contributed by atoms with Crippen LogP contribution in [0.2, 0.25) is 12.1 Å². The van der Waals surface area contributed by atoms with Crippen molar-refractivity contribution in [3.63, 3.8) is 0 Å². The zero-order valence-corrected chi connectivity index (χ0v) is 30.3. The summed E-state index contributed by atoms with van der Waals surface area (Å²) in [4.78, 5) is 0. The Bertz CT molecular complexity index is 1030. The lowest BCUT2D eigenvalue weighted by atomic mass is 10.0. The largest absolute Gasteiger partial charge is 0.501 e. The summed E-state index contributed by atoms with van der Waals surface area (Å²) >= 11 is 12.5. The quantitative estimate of drug-likeness (QED) is 0.126. The molecule has 236 valence electrons. The summed E-state index contributed by atoms with van der Waals surface area (Å²) in [5.74, 6) is 1.24. The second kappa shape index (κ2) is 17.7. The van der Waals surface area contributed by atoms with Crippen molar-refractivity contribution < 1.29 is 22.4 Å². The van der Waals surface area contributed by atoms with Crippen molar-refractivity contribution in [1.29, 1.82) is 0 Å². The fraction of sp³-hybridized carbons (Fsp3) is 0.636. The Morgan fingerprint density at radius 3 is 1.81 bits per heavy atom. The van der Waals surface area contributed by atoms with Gasteiger partial charge in [0.15, 0.2) is 0 Å². The second-order valence-corrected chi connectivity index (χ2v) is 18.6. The molecule has 0 spiro atoms. The van der Waals surface area contributed by atoms with Gasteiger partial charge < -0.3 is 22.4 Å². The molecule has 6 atom stereocenters. The molecule has 3 rings (SSSR count). The zero-order chi connectivity index (χ0) is 30.7. The maximum Gasteiger partial charge on any atom is 0.501 e. The lowest BCUT2D eigenvalue weighted by Gasteiger charge is -2.38. The highest BCUT2D eigenvalue weighted by molar-refractivity contribution is 6.61. The number of benzene rings is 2. The van der Waals surface area contributed by atoms with Crippen LogP contribution < -0.4 is 0 Å². The van der Waals surface area contributed by atoms with Gasteiger partial charge >= 0.3 is 8.80 Å². The third kappa shape index (κ3) is 11.3. The van der Waals surface area contributed by atoms with Crippen LogP contribution in [0, 0.1) is 11.8 Å². The second-order valence-electron chi connectivity index (χ2n) is 12.2. The van der Waals surface area contributed by atoms with Gasteiger partial charge in [0, 0.05) is 50.9 Å². The van der Waals surface area contributed by atoms with Crippen LogP contribution in [0.4, 0.5) is 0 Å². The molecule has 1 heterocycles. The van der Waals surface area contributed by atoms with Gasteiger partial charge in [-0.1, -0.05) is 76.2 Å². The molecule has 0 amide bonds. The van der Waals surface area contributed by atoms with E-state index >= 15 is 0 Å². The predicted molar refractivity (Wildman–Crippen MR) is 179 cm³/mol. The minimum Gasteiger partial charge on any atom is -0.417 e. The molecular weight excluding hydrogens is 603 g/mol. The van der Waals surface area contributed by atoms with Crippen molar-refractivity contribution in [1.82, 2.24) is 0 Å². The van der Waals surface area contributed by atoms with Crippen molar-refractivity contribution in [3.8, 4) is 0 Å². The van der Waals surface area contributed by atoms with Gasteiger partial charge in [0.25, 0.3) is 0 Å². The third-order valence-corrected chi connectivity index (χ3v) is 13.9. The molecule has 1 aliphatic heterocycles. The summed E-state index contributed by atoms with van der Waals surface area (Å²) in [7, 11) is -4.43. The number of halogens is 2. The van der Waals surface area contributed by atoms with E-state index in [0.29, 0.717) is 51.1 Å². The number of hydrogen-bond donors (Lipinski definition) is 0. The predicted octanol–water partition coefficient (Wildman–Crippen LogP) is 8.78. The van der Waals surface area contributed by atoms with Gasteiger partial charge in [0.05, 0.1) is 17.0 Å². The topological polar surface area (TPSA) is 46.2 Å². The molecular formula is C33H52Cl2O5Si2. The van der Waals surface area contributed by atoms with Crippen LogP contribution in [0.25, 0.3) is 0 Å². The summed E-state index contributed by atoms with van der Waals surface area (Å²) in [6.07, 6.45) is 0.715. The van der Waals surface area contributed by atoms with Crippen LogP contribution in [-0.2, 0) is 22.4 Å². The Hall–Kier alpha value is -0.746. The van der Waals surface area contributed by atoms with Crippen molar-refractivity contribution in [2.24, 2.45) is 11.8 Å². The Labute approximate surface area is 267 Å². The molecule has 42 heavy (non-hydrogen) atoms. The van der Waals surface area contributed by atoms with Gasteiger partial charge in [0.1, 0.15) is 0 Å². The van der Waals surface area contributed by atoms with E-state index in [4.69, 9.17) is 45.6 Å². The first-order chi connectivity index (χ1) is 20.0. The normalized spacial score (nSPS) is 23.6. The standard InChI is InChI=1S/C33H52Cl2O5Si2/c1-8-36-23-41(21-26(4)30-9-13-32(14-10-30)28(6)34)37-17-24(2)18-38-42(39-19-25(3)20-40-42)22-27(5)31-11-15-33(16-12-31)29(7)35/h9-16,24-29,41H,8,17-23H2,1-7H3. The molecule has 2 aromatic carbocycles. The molecule has 2 aromatic rings. The van der Waals surface area contributed by atoms with Crippen LogP contribution >= 0.6 is 23.2 Å². The lowest BCUT2D eigenvalue weighted by molar-refractivity contribution is -0.0135. The monoisotopic (exact) mass is 654 g/mol. The van der Waals surface area contributed by atoms with Crippen LogP contribution in [0.3, 0.4) is 0 Å². The van der Waals surface area contributed by atoms with E-state index in [1.165, 1.54) is 11.1 Å². The molecule has 1 aliphatic rings. The maximum atomic E-state index is 6.60. The van der Waals surface area contributed by atoms with Gasteiger partial charge in [-0.2, -0.15) is 0 Å². The van der Waals surface area contributed by atoms with Crippen LogP contribution in [0.15, 0.2) is 48.5 Å². The molecule has 0 aliphatic carbocycles. The highest BCUT2D eigenvalue weighted by Gasteiger charge is 2.46. The maximum absolute atomic E-state index is 6.60. The van der Waals surface area contributed by atoms with Crippen molar-refractivity contribution in [3.05, 3.63) is 70.8 Å². The van der Waals surface area contributed by atoms with Crippen LogP contribution in [-0.4, -0.2) is 57.1 Å². The molecule has 5 nitrogen and oxygen atoms in total. The van der Waals surface area contributed by atoms with Crippen LogP contribution in [0.1, 0.15) is 93.3 Å². The minimum atomic E-state index is -2.83. The molecule has 1 saturated heterocycles. The molecule has 0 aromatic heterocycles. The first kappa shape index (κ1) is 35.7. The number of rotatable bonds is 17. The van der Waals surface area contributed by atoms with E-state index in [-0.39, 0.29) is 22.6 Å². The molecule has 0 bridgehead atoms. The van der Waals surface area contributed by atoms with E-state index in [9.17, 15) is 0 Å².